The van der Waals surface area contributed by atoms with Crippen LogP contribution in [-0.4, -0.2) is 63.2 Å². The summed E-state index contributed by atoms with van der Waals surface area (Å²) in [7, 11) is 3.81. The van der Waals surface area contributed by atoms with Gasteiger partial charge >= 0.3 is 11.9 Å². The highest BCUT2D eigenvalue weighted by Crippen LogP contribution is 2.41. The predicted octanol–water partition coefficient (Wildman–Crippen LogP) is 2.45. The van der Waals surface area contributed by atoms with Gasteiger partial charge in [0.25, 0.3) is 5.70 Å². The number of anilines is 2. The summed E-state index contributed by atoms with van der Waals surface area (Å²) in [5.74, 6) is -1.42. The zero-order chi connectivity index (χ0) is 27.1. The van der Waals surface area contributed by atoms with Crippen LogP contribution in [0.1, 0.15) is 6.92 Å². The molecule has 1 aliphatic heterocycles. The molecule has 2 aliphatic rings. The van der Waals surface area contributed by atoms with Crippen LogP contribution in [0.4, 0.5) is 17.1 Å². The number of fused-ring (bicyclic) bond motifs is 1. The Bertz CT molecular complexity index is 1220. The van der Waals surface area contributed by atoms with E-state index in [9.17, 15) is 24.5 Å². The second kappa shape index (κ2) is 12.1. The number of rotatable bonds is 10. The van der Waals surface area contributed by atoms with Crippen molar-refractivity contribution in [3.05, 3.63) is 56.8 Å². The molecular weight excluding hydrogens is 508 g/mol. The van der Waals surface area contributed by atoms with E-state index in [4.69, 9.17) is 14.2 Å². The lowest BCUT2D eigenvalue weighted by Crippen LogP contribution is -2.36. The second-order valence-corrected chi connectivity index (χ2v) is 8.40. The molecule has 196 valence electrons. The molecule has 0 saturated carbocycles. The van der Waals surface area contributed by atoms with Gasteiger partial charge in [0.2, 0.25) is 5.91 Å². The number of nitro groups is 1. The molecule has 0 saturated heterocycles. The maximum Gasteiger partial charge on any atom is 0.325 e. The molecule has 1 heterocycles. The molecule has 1 aromatic carbocycles. The van der Waals surface area contributed by atoms with Gasteiger partial charge in [0.05, 0.1) is 43.7 Å². The number of carbonyl (C=O) groups is 3. The van der Waals surface area contributed by atoms with Gasteiger partial charge in [-0.15, -0.1) is 10.2 Å². The number of hydrogen-bond acceptors (Lipinski definition) is 13. The number of carbonyl (C=O) groups excluding carboxylic acids is 3. The summed E-state index contributed by atoms with van der Waals surface area (Å²) in [6.45, 7) is 0.692. The first-order valence-electron chi connectivity index (χ1n) is 10.7. The molecule has 0 bridgehead atoms. The molecule has 15 heteroatoms. The quantitative estimate of drug-likeness (QED) is 0.149. The SMILES string of the molecule is COC(=O)CN(CC(=O)OC)c1cc(NC(C)=O)c(N=NC2=C3C=C([N+](=O)[O-])C=CC3NS2)cc1OC. The Hall–Kier alpha value is -4.24. The zero-order valence-electron chi connectivity index (χ0n) is 20.3. The Morgan fingerprint density at radius 3 is 2.41 bits per heavy atom. The molecule has 37 heavy (non-hydrogen) atoms. The number of hydrogen-bond donors (Lipinski definition) is 2. The fraction of sp³-hybridized carbons (Fsp3) is 0.318. The van der Waals surface area contributed by atoms with Gasteiger partial charge in [-0.25, -0.2) is 4.72 Å². The van der Waals surface area contributed by atoms with Gasteiger partial charge in [-0.1, -0.05) is 6.08 Å². The van der Waals surface area contributed by atoms with Crippen molar-refractivity contribution in [2.24, 2.45) is 10.2 Å². The summed E-state index contributed by atoms with van der Waals surface area (Å²) in [5.41, 5.74) is 1.21. The number of nitrogens with zero attached hydrogens (tertiary/aromatic N) is 4. The van der Waals surface area contributed by atoms with Gasteiger partial charge < -0.3 is 24.4 Å². The number of amides is 1. The Balaban J connectivity index is 2.05. The van der Waals surface area contributed by atoms with Crippen LogP contribution >= 0.6 is 11.9 Å². The summed E-state index contributed by atoms with van der Waals surface area (Å²) >= 11 is 1.16. The number of methoxy groups -OCH3 is 3. The van der Waals surface area contributed by atoms with Crippen molar-refractivity contribution < 1.29 is 33.5 Å². The summed E-state index contributed by atoms with van der Waals surface area (Å²) in [6.07, 6.45) is 4.48. The summed E-state index contributed by atoms with van der Waals surface area (Å²) in [5, 5.41) is 22.7. The van der Waals surface area contributed by atoms with Crippen LogP contribution in [0.15, 0.2) is 56.9 Å². The first-order valence-corrected chi connectivity index (χ1v) is 11.5. The zero-order valence-corrected chi connectivity index (χ0v) is 21.2. The molecule has 1 unspecified atom stereocenters. The molecule has 1 atom stereocenters. The van der Waals surface area contributed by atoms with Gasteiger partial charge in [0, 0.05) is 30.7 Å². The molecule has 0 radical (unpaired) electrons. The topological polar surface area (TPSA) is 174 Å². The summed E-state index contributed by atoms with van der Waals surface area (Å²) in [6, 6.07) is 2.69. The number of benzene rings is 1. The molecule has 1 aromatic rings. The standard InChI is InChI=1S/C22H24N6O8S/c1-12(29)23-16-8-18(27(10-20(30)35-3)11-21(31)36-4)19(34-2)9-17(16)24-25-22-14-7-13(28(32)33)5-6-15(14)26-37-22/h5-9,15,26H,10-11H2,1-4H3,(H,23,29). The van der Waals surface area contributed by atoms with Crippen molar-refractivity contribution >= 4 is 46.9 Å². The van der Waals surface area contributed by atoms with E-state index < -0.39 is 22.8 Å². The van der Waals surface area contributed by atoms with Crippen LogP contribution in [0.25, 0.3) is 0 Å². The van der Waals surface area contributed by atoms with Crippen molar-refractivity contribution in [3.63, 3.8) is 0 Å². The van der Waals surface area contributed by atoms with Gasteiger partial charge in [-0.2, -0.15) is 0 Å². The molecular formula is C22H24N6O8S. The minimum Gasteiger partial charge on any atom is -0.494 e. The number of nitrogens with one attached hydrogen (secondary N) is 2. The van der Waals surface area contributed by atoms with E-state index in [1.54, 1.807) is 6.08 Å². The van der Waals surface area contributed by atoms with Crippen LogP contribution in [0.2, 0.25) is 0 Å². The Morgan fingerprint density at radius 2 is 1.84 bits per heavy atom. The largest absolute Gasteiger partial charge is 0.494 e. The van der Waals surface area contributed by atoms with Crippen LogP contribution < -0.4 is 19.7 Å². The van der Waals surface area contributed by atoms with E-state index in [2.05, 4.69) is 20.3 Å². The van der Waals surface area contributed by atoms with Gasteiger partial charge in [0.1, 0.15) is 29.6 Å². The highest BCUT2D eigenvalue weighted by atomic mass is 32.2. The number of azo groups is 1. The number of ether oxygens (including phenoxy) is 3. The van der Waals surface area contributed by atoms with Crippen molar-refractivity contribution in [1.82, 2.24) is 4.72 Å². The Morgan fingerprint density at radius 1 is 1.16 bits per heavy atom. The summed E-state index contributed by atoms with van der Waals surface area (Å²) < 4.78 is 18.0. The Kier molecular flexibility index (Phi) is 8.97. The van der Waals surface area contributed by atoms with E-state index >= 15 is 0 Å². The number of esters is 2. The third-order valence-electron chi connectivity index (χ3n) is 5.13. The van der Waals surface area contributed by atoms with Gasteiger partial charge in [-0.3, -0.25) is 24.5 Å². The van der Waals surface area contributed by atoms with Gasteiger partial charge in [0.15, 0.2) is 0 Å². The molecule has 1 aliphatic carbocycles. The molecule has 14 nitrogen and oxygen atoms in total. The minimum atomic E-state index is -0.617. The molecule has 0 aromatic heterocycles. The van der Waals surface area contributed by atoms with E-state index in [0.717, 1.165) is 11.9 Å². The van der Waals surface area contributed by atoms with E-state index in [1.165, 1.54) is 57.4 Å². The van der Waals surface area contributed by atoms with Crippen molar-refractivity contribution in [2.75, 3.05) is 44.6 Å². The minimum absolute atomic E-state index is 0.0792. The smallest absolute Gasteiger partial charge is 0.325 e. The second-order valence-electron chi connectivity index (χ2n) is 7.57. The molecule has 0 fully saturated rings. The monoisotopic (exact) mass is 532 g/mol. The van der Waals surface area contributed by atoms with Crippen LogP contribution in [0.3, 0.4) is 0 Å². The lowest BCUT2D eigenvalue weighted by atomic mass is 10.0. The van der Waals surface area contributed by atoms with E-state index in [-0.39, 0.29) is 47.6 Å². The average Bonchev–Trinajstić information content (AvgIpc) is 3.28. The maximum atomic E-state index is 12.0. The van der Waals surface area contributed by atoms with Crippen LogP contribution in [0.5, 0.6) is 5.75 Å². The van der Waals surface area contributed by atoms with Gasteiger partial charge in [-0.05, 0) is 18.0 Å². The molecule has 2 N–H and O–H groups in total. The number of allylic oxidation sites excluding steroid dienone is 1. The fourth-order valence-corrected chi connectivity index (χ4v) is 4.20. The third-order valence-corrected chi connectivity index (χ3v) is 6.01. The van der Waals surface area contributed by atoms with Crippen molar-refractivity contribution in [3.8, 4) is 5.75 Å². The molecule has 3 rings (SSSR count). The lowest BCUT2D eigenvalue weighted by Gasteiger charge is -2.25. The first kappa shape index (κ1) is 27.3. The normalized spacial score (nSPS) is 16.2. The maximum absolute atomic E-state index is 12.0. The first-order chi connectivity index (χ1) is 17.7. The van der Waals surface area contributed by atoms with Crippen LogP contribution in [-0.2, 0) is 23.9 Å². The highest BCUT2D eigenvalue weighted by Gasteiger charge is 2.29. The van der Waals surface area contributed by atoms with Crippen molar-refractivity contribution in [1.29, 1.82) is 0 Å². The third kappa shape index (κ3) is 6.71. The Labute approximate surface area is 215 Å². The molecule has 1 amide bonds. The van der Waals surface area contributed by atoms with Crippen LogP contribution in [0, 0.1) is 10.1 Å². The van der Waals surface area contributed by atoms with E-state index in [1.807, 2.05) is 0 Å². The average molecular weight is 533 g/mol. The van der Waals surface area contributed by atoms with Crippen molar-refractivity contribution in [2.45, 2.75) is 13.0 Å². The lowest BCUT2D eigenvalue weighted by molar-refractivity contribution is -0.419. The van der Waals surface area contributed by atoms with E-state index in [0.29, 0.717) is 10.6 Å². The highest BCUT2D eigenvalue weighted by molar-refractivity contribution is 8.01. The summed E-state index contributed by atoms with van der Waals surface area (Å²) in [4.78, 5) is 48.0. The predicted molar refractivity (Wildman–Crippen MR) is 134 cm³/mol. The fourth-order valence-electron chi connectivity index (χ4n) is 3.37. The molecule has 0 spiro atoms.